The smallest absolute Gasteiger partial charge is 0.292 e. The highest BCUT2D eigenvalue weighted by atomic mass is 35.5. The summed E-state index contributed by atoms with van der Waals surface area (Å²) in [6.45, 7) is 3.81. The molecule has 1 N–H and O–H groups in total. The number of anilines is 1. The Morgan fingerprint density at radius 3 is 2.33 bits per heavy atom. The minimum atomic E-state index is -0.391. The van der Waals surface area contributed by atoms with Crippen molar-refractivity contribution in [3.8, 4) is 5.69 Å². The van der Waals surface area contributed by atoms with Crippen LogP contribution >= 0.6 is 11.6 Å². The first-order valence-electron chi connectivity index (χ1n) is 10.6. The second-order valence-corrected chi connectivity index (χ2v) is 8.19. The molecule has 0 spiro atoms. The number of piperazine rings is 1. The van der Waals surface area contributed by atoms with Gasteiger partial charge in [0.15, 0.2) is 0 Å². The lowest BCUT2D eigenvalue weighted by molar-refractivity contribution is -0.130. The molecule has 170 valence electrons. The van der Waals surface area contributed by atoms with E-state index in [9.17, 15) is 14.4 Å². The molecule has 2 aromatic carbocycles. The summed E-state index contributed by atoms with van der Waals surface area (Å²) in [6.07, 6.45) is 1.58. The van der Waals surface area contributed by atoms with Crippen LogP contribution in [0.3, 0.4) is 0 Å². The van der Waals surface area contributed by atoms with Gasteiger partial charge in [-0.3, -0.25) is 14.4 Å². The number of rotatable bonds is 5. The number of para-hydroxylation sites is 1. The van der Waals surface area contributed by atoms with E-state index >= 15 is 0 Å². The van der Waals surface area contributed by atoms with E-state index in [1.54, 1.807) is 35.4 Å². The van der Waals surface area contributed by atoms with E-state index in [4.69, 9.17) is 11.6 Å². The molecule has 0 bridgehead atoms. The highest BCUT2D eigenvalue weighted by molar-refractivity contribution is 6.33. The Balaban J connectivity index is 1.34. The van der Waals surface area contributed by atoms with Crippen molar-refractivity contribution in [1.29, 1.82) is 0 Å². The Hall–Kier alpha value is -3.65. The van der Waals surface area contributed by atoms with Crippen LogP contribution in [0.1, 0.15) is 15.9 Å². The van der Waals surface area contributed by atoms with Crippen LogP contribution in [0.2, 0.25) is 5.02 Å². The van der Waals surface area contributed by atoms with Crippen molar-refractivity contribution in [2.45, 2.75) is 6.92 Å². The summed E-state index contributed by atoms with van der Waals surface area (Å²) < 4.78 is 1.27. The van der Waals surface area contributed by atoms with Gasteiger partial charge in [0.1, 0.15) is 5.02 Å². The first-order chi connectivity index (χ1) is 15.9. The molecule has 1 aromatic heterocycles. The fourth-order valence-electron chi connectivity index (χ4n) is 3.67. The molecule has 1 aliphatic rings. The number of carbonyl (C=O) groups excluding carboxylic acids is 2. The van der Waals surface area contributed by atoms with E-state index < -0.39 is 5.56 Å². The van der Waals surface area contributed by atoms with Gasteiger partial charge < -0.3 is 15.1 Å². The van der Waals surface area contributed by atoms with Gasteiger partial charge in [-0.2, -0.15) is 9.78 Å². The highest BCUT2D eigenvalue weighted by Crippen LogP contribution is 2.23. The van der Waals surface area contributed by atoms with E-state index in [1.807, 2.05) is 42.2 Å². The summed E-state index contributed by atoms with van der Waals surface area (Å²) in [5.41, 5.74) is 2.38. The summed E-state index contributed by atoms with van der Waals surface area (Å²) >= 11 is 6.39. The van der Waals surface area contributed by atoms with Crippen LogP contribution in [0.15, 0.2) is 65.6 Å². The van der Waals surface area contributed by atoms with Crippen LogP contribution in [0.4, 0.5) is 5.69 Å². The average Bonchev–Trinajstić information content (AvgIpc) is 2.85. The van der Waals surface area contributed by atoms with E-state index in [0.29, 0.717) is 43.1 Å². The van der Waals surface area contributed by atoms with Crippen molar-refractivity contribution in [3.63, 3.8) is 0 Å². The summed E-state index contributed by atoms with van der Waals surface area (Å²) in [5.74, 6) is -0.433. The minimum Gasteiger partial charge on any atom is -0.365 e. The van der Waals surface area contributed by atoms with E-state index in [-0.39, 0.29) is 23.4 Å². The van der Waals surface area contributed by atoms with E-state index in [0.717, 1.165) is 5.56 Å². The third kappa shape index (κ3) is 5.06. The van der Waals surface area contributed by atoms with Gasteiger partial charge in [-0.1, -0.05) is 47.5 Å². The molecule has 2 amide bonds. The number of aryl methyl sites for hydroxylation is 1. The zero-order chi connectivity index (χ0) is 23.4. The van der Waals surface area contributed by atoms with E-state index in [2.05, 4.69) is 10.4 Å². The van der Waals surface area contributed by atoms with Gasteiger partial charge in [-0.25, -0.2) is 0 Å². The number of hydrogen-bond donors (Lipinski definition) is 1. The lowest BCUT2D eigenvalue weighted by Gasteiger charge is -2.36. The van der Waals surface area contributed by atoms with Crippen LogP contribution in [0.5, 0.6) is 0 Å². The largest absolute Gasteiger partial charge is 0.365 e. The molecule has 0 saturated carbocycles. The van der Waals surface area contributed by atoms with Gasteiger partial charge >= 0.3 is 0 Å². The van der Waals surface area contributed by atoms with Crippen molar-refractivity contribution in [2.24, 2.45) is 0 Å². The Morgan fingerprint density at radius 1 is 1.00 bits per heavy atom. The van der Waals surface area contributed by atoms with Gasteiger partial charge in [-0.15, -0.1) is 0 Å². The molecule has 0 aliphatic carbocycles. The lowest BCUT2D eigenvalue weighted by Crippen LogP contribution is -2.51. The number of benzene rings is 2. The summed E-state index contributed by atoms with van der Waals surface area (Å²) in [7, 11) is 0. The van der Waals surface area contributed by atoms with Gasteiger partial charge in [0.05, 0.1) is 24.1 Å². The normalized spacial score (nSPS) is 13.6. The first kappa shape index (κ1) is 22.5. The maximum atomic E-state index is 12.7. The number of carbonyl (C=O) groups is 2. The molecule has 1 aliphatic heterocycles. The van der Waals surface area contributed by atoms with Gasteiger partial charge in [0.25, 0.3) is 11.5 Å². The third-order valence-electron chi connectivity index (χ3n) is 5.59. The summed E-state index contributed by atoms with van der Waals surface area (Å²) in [5, 5.41) is 7.05. The molecule has 3 aromatic rings. The number of nitrogens with one attached hydrogen (secondary N) is 1. The fraction of sp³-hybridized carbons (Fsp3) is 0.250. The number of halogens is 1. The van der Waals surface area contributed by atoms with Crippen molar-refractivity contribution >= 4 is 29.1 Å². The molecule has 1 saturated heterocycles. The molecule has 4 rings (SSSR count). The molecule has 2 heterocycles. The molecule has 0 atom stereocenters. The van der Waals surface area contributed by atoms with Gasteiger partial charge in [0, 0.05) is 31.7 Å². The minimum absolute atomic E-state index is 0.0673. The topological polar surface area (TPSA) is 87.5 Å². The first-order valence-corrected chi connectivity index (χ1v) is 11.0. The standard InChI is InChI=1S/C24H24ClN5O3/c1-17-7-9-18(10-8-17)23(32)26-16-21(31)29-13-11-28(12-14-29)20-15-27-30(24(33)22(20)25)19-5-3-2-4-6-19/h2-10,15H,11-14,16H2,1H3,(H,26,32). The second kappa shape index (κ2) is 9.87. The molecule has 1 fully saturated rings. The summed E-state index contributed by atoms with van der Waals surface area (Å²) in [6, 6.07) is 16.3. The third-order valence-corrected chi connectivity index (χ3v) is 5.94. The van der Waals surface area contributed by atoms with Crippen LogP contribution in [-0.4, -0.2) is 59.2 Å². The van der Waals surface area contributed by atoms with Gasteiger partial charge in [-0.05, 0) is 31.2 Å². The Kier molecular flexibility index (Phi) is 6.74. The van der Waals surface area contributed by atoms with Crippen LogP contribution in [0.25, 0.3) is 5.69 Å². The molecule has 9 heteroatoms. The molecule has 33 heavy (non-hydrogen) atoms. The molecular weight excluding hydrogens is 442 g/mol. The number of hydrogen-bond acceptors (Lipinski definition) is 5. The van der Waals surface area contributed by atoms with Crippen LogP contribution < -0.4 is 15.8 Å². The summed E-state index contributed by atoms with van der Waals surface area (Å²) in [4.78, 5) is 41.2. The van der Waals surface area contributed by atoms with Crippen molar-refractivity contribution in [2.75, 3.05) is 37.6 Å². The number of nitrogens with zero attached hydrogens (tertiary/aromatic N) is 4. The maximum absolute atomic E-state index is 12.7. The van der Waals surface area contributed by atoms with Crippen molar-refractivity contribution in [3.05, 3.63) is 87.3 Å². The Bertz CT molecular complexity index is 1200. The van der Waals surface area contributed by atoms with Crippen molar-refractivity contribution in [1.82, 2.24) is 20.0 Å². The van der Waals surface area contributed by atoms with Crippen LogP contribution in [0, 0.1) is 6.92 Å². The molecule has 8 nitrogen and oxygen atoms in total. The second-order valence-electron chi connectivity index (χ2n) is 7.81. The maximum Gasteiger partial charge on any atom is 0.292 e. The molecule has 0 unspecified atom stereocenters. The van der Waals surface area contributed by atoms with Gasteiger partial charge in [0.2, 0.25) is 5.91 Å². The predicted molar refractivity (Wildman–Crippen MR) is 127 cm³/mol. The zero-order valence-electron chi connectivity index (χ0n) is 18.2. The Labute approximate surface area is 196 Å². The fourth-order valence-corrected chi connectivity index (χ4v) is 3.92. The molecular formula is C24H24ClN5O3. The number of aromatic nitrogens is 2. The monoisotopic (exact) mass is 465 g/mol. The number of amides is 2. The zero-order valence-corrected chi connectivity index (χ0v) is 19.0. The quantitative estimate of drug-likeness (QED) is 0.624. The lowest BCUT2D eigenvalue weighted by atomic mass is 10.1. The Morgan fingerprint density at radius 2 is 1.67 bits per heavy atom. The van der Waals surface area contributed by atoms with E-state index in [1.165, 1.54) is 4.68 Å². The highest BCUT2D eigenvalue weighted by Gasteiger charge is 2.24. The van der Waals surface area contributed by atoms with Crippen LogP contribution in [-0.2, 0) is 4.79 Å². The predicted octanol–water partition coefficient (Wildman–Crippen LogP) is 2.27. The average molecular weight is 466 g/mol. The SMILES string of the molecule is Cc1ccc(C(=O)NCC(=O)N2CCN(c3cnn(-c4ccccc4)c(=O)c3Cl)CC2)cc1. The van der Waals surface area contributed by atoms with Crippen molar-refractivity contribution < 1.29 is 9.59 Å². The molecule has 0 radical (unpaired) electrons.